The van der Waals surface area contributed by atoms with Crippen molar-refractivity contribution in [2.75, 3.05) is 10.6 Å². The minimum Gasteiger partial charge on any atom is -0.331 e. The van der Waals surface area contributed by atoms with Crippen molar-refractivity contribution in [3.05, 3.63) is 58.6 Å². The van der Waals surface area contributed by atoms with Gasteiger partial charge in [-0.25, -0.2) is 8.78 Å². The summed E-state index contributed by atoms with van der Waals surface area (Å²) in [6, 6.07) is 8.52. The molecule has 0 spiro atoms. The summed E-state index contributed by atoms with van der Waals surface area (Å²) in [7, 11) is 0. The van der Waals surface area contributed by atoms with Crippen LogP contribution in [0.4, 0.5) is 20.2 Å². The Morgan fingerprint density at radius 1 is 1.05 bits per heavy atom. The van der Waals surface area contributed by atoms with Gasteiger partial charge in [-0.05, 0) is 55.0 Å². The van der Waals surface area contributed by atoms with Crippen molar-refractivity contribution in [2.24, 2.45) is 0 Å². The quantitative estimate of drug-likeness (QED) is 0.784. The summed E-state index contributed by atoms with van der Waals surface area (Å²) in [5.41, 5.74) is 1.61. The number of benzene rings is 2. The standard InChI is InChI=1S/C14H11ClF2N2S/c1-8-2-4-11(17)13(6-8)19-14(20)18-12-5-3-9(16)7-10(12)15/h2-7H,1H3,(H2,18,19,20). The van der Waals surface area contributed by atoms with Gasteiger partial charge in [0.05, 0.1) is 16.4 Å². The second kappa shape index (κ2) is 6.15. The van der Waals surface area contributed by atoms with Crippen LogP contribution in [0.1, 0.15) is 5.56 Å². The molecule has 0 aromatic heterocycles. The van der Waals surface area contributed by atoms with E-state index in [1.54, 1.807) is 12.1 Å². The molecule has 0 aliphatic carbocycles. The van der Waals surface area contributed by atoms with Crippen molar-refractivity contribution in [3.63, 3.8) is 0 Å². The first-order chi connectivity index (χ1) is 9.45. The van der Waals surface area contributed by atoms with Crippen molar-refractivity contribution >= 4 is 40.3 Å². The van der Waals surface area contributed by atoms with Gasteiger partial charge in [0.2, 0.25) is 0 Å². The Labute approximate surface area is 125 Å². The molecular formula is C14H11ClF2N2S. The third-order valence-electron chi connectivity index (χ3n) is 2.55. The van der Waals surface area contributed by atoms with E-state index >= 15 is 0 Å². The summed E-state index contributed by atoms with van der Waals surface area (Å²) in [6.45, 7) is 1.85. The Balaban J connectivity index is 2.11. The SMILES string of the molecule is Cc1ccc(F)c(NC(=S)Nc2ccc(F)cc2Cl)c1. The molecule has 2 nitrogen and oxygen atoms in total. The van der Waals surface area contributed by atoms with Crippen LogP contribution in [0, 0.1) is 18.6 Å². The molecule has 2 N–H and O–H groups in total. The van der Waals surface area contributed by atoms with E-state index < -0.39 is 11.6 Å². The maximum Gasteiger partial charge on any atom is 0.175 e. The predicted molar refractivity (Wildman–Crippen MR) is 82.4 cm³/mol. The zero-order valence-electron chi connectivity index (χ0n) is 10.5. The minimum atomic E-state index is -0.441. The van der Waals surface area contributed by atoms with Gasteiger partial charge in [0.25, 0.3) is 0 Å². The molecule has 104 valence electrons. The van der Waals surface area contributed by atoms with Crippen LogP contribution >= 0.6 is 23.8 Å². The highest BCUT2D eigenvalue weighted by molar-refractivity contribution is 7.80. The number of hydrogen-bond donors (Lipinski definition) is 2. The monoisotopic (exact) mass is 312 g/mol. The van der Waals surface area contributed by atoms with Crippen LogP contribution in [0.25, 0.3) is 0 Å². The Bertz CT molecular complexity index is 662. The maximum atomic E-state index is 13.6. The van der Waals surface area contributed by atoms with Gasteiger partial charge in [0, 0.05) is 0 Å². The lowest BCUT2D eigenvalue weighted by Crippen LogP contribution is -2.20. The van der Waals surface area contributed by atoms with Crippen LogP contribution in [0.3, 0.4) is 0 Å². The van der Waals surface area contributed by atoms with E-state index in [9.17, 15) is 8.78 Å². The lowest BCUT2D eigenvalue weighted by Gasteiger charge is -2.12. The van der Waals surface area contributed by atoms with Crippen LogP contribution in [0.5, 0.6) is 0 Å². The van der Waals surface area contributed by atoms with E-state index in [4.69, 9.17) is 23.8 Å². The minimum absolute atomic E-state index is 0.169. The second-order valence-corrected chi connectivity index (χ2v) is 5.00. The number of nitrogens with one attached hydrogen (secondary N) is 2. The molecule has 0 aliphatic rings. The van der Waals surface area contributed by atoms with Crippen LogP contribution < -0.4 is 10.6 Å². The number of rotatable bonds is 2. The average Bonchev–Trinajstić information content (AvgIpc) is 2.37. The highest BCUT2D eigenvalue weighted by atomic mass is 35.5. The number of thiocarbonyl (C=S) groups is 1. The Hall–Kier alpha value is -1.72. The summed E-state index contributed by atoms with van der Waals surface area (Å²) in [5.74, 6) is -0.853. The fourth-order valence-electron chi connectivity index (χ4n) is 1.60. The van der Waals surface area contributed by atoms with Crippen LogP contribution in [0.15, 0.2) is 36.4 Å². The third kappa shape index (κ3) is 3.65. The predicted octanol–water partition coefficient (Wildman–Crippen LogP) is 4.74. The van der Waals surface area contributed by atoms with Gasteiger partial charge in [0.1, 0.15) is 11.6 Å². The molecule has 0 saturated heterocycles. The third-order valence-corrected chi connectivity index (χ3v) is 3.07. The van der Waals surface area contributed by atoms with E-state index in [-0.39, 0.29) is 15.8 Å². The average molecular weight is 313 g/mol. The molecular weight excluding hydrogens is 302 g/mol. The van der Waals surface area contributed by atoms with Gasteiger partial charge in [-0.1, -0.05) is 17.7 Å². The molecule has 0 amide bonds. The molecule has 0 heterocycles. The summed E-state index contributed by atoms with van der Waals surface area (Å²) in [4.78, 5) is 0. The molecule has 0 fully saturated rings. The number of hydrogen-bond acceptors (Lipinski definition) is 1. The molecule has 2 rings (SSSR count). The van der Waals surface area contributed by atoms with E-state index in [1.165, 1.54) is 24.3 Å². The van der Waals surface area contributed by atoms with Crippen LogP contribution in [-0.2, 0) is 0 Å². The zero-order valence-corrected chi connectivity index (χ0v) is 12.1. The molecule has 0 aliphatic heterocycles. The maximum absolute atomic E-state index is 13.6. The lowest BCUT2D eigenvalue weighted by atomic mass is 10.2. The molecule has 0 atom stereocenters. The number of anilines is 2. The first kappa shape index (κ1) is 14.7. The van der Waals surface area contributed by atoms with Crippen molar-refractivity contribution in [2.45, 2.75) is 6.92 Å². The van der Waals surface area contributed by atoms with E-state index in [2.05, 4.69) is 10.6 Å². The summed E-state index contributed by atoms with van der Waals surface area (Å²) >= 11 is 10.9. The zero-order chi connectivity index (χ0) is 14.7. The Morgan fingerprint density at radius 2 is 1.75 bits per heavy atom. The molecule has 0 saturated carbocycles. The molecule has 2 aromatic rings. The number of aryl methyl sites for hydroxylation is 1. The topological polar surface area (TPSA) is 24.1 Å². The summed E-state index contributed by atoms with van der Waals surface area (Å²) < 4.78 is 26.5. The Kier molecular flexibility index (Phi) is 4.52. The van der Waals surface area contributed by atoms with Crippen molar-refractivity contribution < 1.29 is 8.78 Å². The fourth-order valence-corrected chi connectivity index (χ4v) is 2.04. The molecule has 2 aromatic carbocycles. The first-order valence-electron chi connectivity index (χ1n) is 5.75. The number of halogens is 3. The van der Waals surface area contributed by atoms with Gasteiger partial charge in [-0.2, -0.15) is 0 Å². The van der Waals surface area contributed by atoms with E-state index in [0.29, 0.717) is 5.69 Å². The van der Waals surface area contributed by atoms with Gasteiger partial charge in [-0.15, -0.1) is 0 Å². The smallest absolute Gasteiger partial charge is 0.175 e. The molecule has 6 heteroatoms. The van der Waals surface area contributed by atoms with Gasteiger partial charge in [0.15, 0.2) is 5.11 Å². The second-order valence-electron chi connectivity index (χ2n) is 4.19. The summed E-state index contributed by atoms with van der Waals surface area (Å²) in [6.07, 6.45) is 0. The van der Waals surface area contributed by atoms with Crippen LogP contribution in [0.2, 0.25) is 5.02 Å². The highest BCUT2D eigenvalue weighted by Crippen LogP contribution is 2.23. The van der Waals surface area contributed by atoms with Crippen molar-refractivity contribution in [1.82, 2.24) is 0 Å². The van der Waals surface area contributed by atoms with Gasteiger partial charge in [-0.3, -0.25) is 0 Å². The Morgan fingerprint density at radius 3 is 2.45 bits per heavy atom. The van der Waals surface area contributed by atoms with E-state index in [1.807, 2.05) is 6.92 Å². The molecule has 20 heavy (non-hydrogen) atoms. The largest absolute Gasteiger partial charge is 0.331 e. The fraction of sp³-hybridized carbons (Fsp3) is 0.0714. The van der Waals surface area contributed by atoms with Crippen molar-refractivity contribution in [1.29, 1.82) is 0 Å². The molecule has 0 bridgehead atoms. The van der Waals surface area contributed by atoms with E-state index in [0.717, 1.165) is 5.56 Å². The normalized spacial score (nSPS) is 10.2. The van der Waals surface area contributed by atoms with Crippen LogP contribution in [-0.4, -0.2) is 5.11 Å². The first-order valence-corrected chi connectivity index (χ1v) is 6.53. The van der Waals surface area contributed by atoms with Crippen molar-refractivity contribution in [3.8, 4) is 0 Å². The molecule has 0 radical (unpaired) electrons. The van der Waals surface area contributed by atoms with Gasteiger partial charge >= 0.3 is 0 Å². The highest BCUT2D eigenvalue weighted by Gasteiger charge is 2.07. The molecule has 0 unspecified atom stereocenters. The lowest BCUT2D eigenvalue weighted by molar-refractivity contribution is 0.628. The van der Waals surface area contributed by atoms with Gasteiger partial charge < -0.3 is 10.6 Å². The summed E-state index contributed by atoms with van der Waals surface area (Å²) in [5, 5.41) is 5.88.